The van der Waals surface area contributed by atoms with Gasteiger partial charge in [-0.05, 0) is 19.9 Å². The molecular weight excluding hydrogens is 267 g/mol. The Hall–Kier alpha value is -2.11. The highest BCUT2D eigenvalue weighted by molar-refractivity contribution is 5.74. The van der Waals surface area contributed by atoms with Crippen molar-refractivity contribution in [2.24, 2.45) is 0 Å². The number of aromatic nitrogens is 2. The Kier molecular flexibility index (Phi) is 3.65. The molecule has 0 saturated heterocycles. The number of hydrogen-bond donors (Lipinski definition) is 1. The highest BCUT2D eigenvalue weighted by atomic mass is 19.4. The number of anilines is 1. The fourth-order valence-electron chi connectivity index (χ4n) is 1.90. The molecule has 3 nitrogen and oxygen atoms in total. The van der Waals surface area contributed by atoms with Crippen LogP contribution in [0.2, 0.25) is 0 Å². The van der Waals surface area contributed by atoms with Gasteiger partial charge in [0, 0.05) is 12.6 Å². The van der Waals surface area contributed by atoms with Gasteiger partial charge in [0.05, 0.1) is 17.0 Å². The second kappa shape index (κ2) is 5.11. The van der Waals surface area contributed by atoms with Gasteiger partial charge in [0.25, 0.3) is 0 Å². The molecule has 0 aliphatic heterocycles. The van der Waals surface area contributed by atoms with Gasteiger partial charge in [-0.2, -0.15) is 13.2 Å². The summed E-state index contributed by atoms with van der Waals surface area (Å²) in [5.41, 5.74) is 0.816. The summed E-state index contributed by atoms with van der Waals surface area (Å²) >= 11 is 0. The van der Waals surface area contributed by atoms with Crippen molar-refractivity contribution < 1.29 is 13.2 Å². The standard InChI is InChI=1S/C14H14F3N3/c1-8-9(2)20-13(18-3)12(19-8)10-6-4-5-7-11(10)14(15,16)17/h4-7H,1-3H3,(H,18,20). The van der Waals surface area contributed by atoms with E-state index in [0.717, 1.165) is 6.07 Å². The molecular formula is C14H14F3N3. The van der Waals surface area contributed by atoms with E-state index in [0.29, 0.717) is 17.2 Å². The van der Waals surface area contributed by atoms with Crippen molar-refractivity contribution in [3.63, 3.8) is 0 Å². The molecule has 2 aromatic rings. The van der Waals surface area contributed by atoms with E-state index in [1.807, 2.05) is 0 Å². The van der Waals surface area contributed by atoms with Crippen molar-refractivity contribution >= 4 is 5.82 Å². The lowest BCUT2D eigenvalue weighted by atomic mass is 10.0. The smallest absolute Gasteiger partial charge is 0.371 e. The number of benzene rings is 1. The van der Waals surface area contributed by atoms with Crippen molar-refractivity contribution in [2.45, 2.75) is 20.0 Å². The van der Waals surface area contributed by atoms with Crippen LogP contribution in [0.25, 0.3) is 11.3 Å². The van der Waals surface area contributed by atoms with E-state index >= 15 is 0 Å². The number of nitrogens with one attached hydrogen (secondary N) is 1. The van der Waals surface area contributed by atoms with Crippen LogP contribution >= 0.6 is 0 Å². The van der Waals surface area contributed by atoms with Gasteiger partial charge in [-0.1, -0.05) is 18.2 Å². The molecule has 0 amide bonds. The van der Waals surface area contributed by atoms with Crippen LogP contribution in [0.3, 0.4) is 0 Å². The quantitative estimate of drug-likeness (QED) is 0.909. The van der Waals surface area contributed by atoms with Crippen molar-refractivity contribution in [1.82, 2.24) is 9.97 Å². The molecule has 20 heavy (non-hydrogen) atoms. The van der Waals surface area contributed by atoms with Crippen LogP contribution in [-0.4, -0.2) is 17.0 Å². The molecule has 0 bridgehead atoms. The summed E-state index contributed by atoms with van der Waals surface area (Å²) in [5, 5.41) is 2.80. The zero-order valence-electron chi connectivity index (χ0n) is 11.3. The molecule has 0 radical (unpaired) electrons. The van der Waals surface area contributed by atoms with Crippen LogP contribution in [0.15, 0.2) is 24.3 Å². The number of hydrogen-bond acceptors (Lipinski definition) is 3. The van der Waals surface area contributed by atoms with Gasteiger partial charge in [-0.15, -0.1) is 0 Å². The van der Waals surface area contributed by atoms with Crippen molar-refractivity contribution in [2.75, 3.05) is 12.4 Å². The molecule has 0 aliphatic carbocycles. The molecule has 0 unspecified atom stereocenters. The van der Waals surface area contributed by atoms with E-state index in [9.17, 15) is 13.2 Å². The predicted octanol–water partition coefficient (Wildman–Crippen LogP) is 3.82. The first kappa shape index (κ1) is 14.3. The Balaban J connectivity index is 2.72. The summed E-state index contributed by atoms with van der Waals surface area (Å²) in [6, 6.07) is 5.37. The third-order valence-electron chi connectivity index (χ3n) is 3.03. The fraction of sp³-hybridized carbons (Fsp3) is 0.286. The number of nitrogens with zero attached hydrogens (tertiary/aromatic N) is 2. The maximum Gasteiger partial charge on any atom is 0.417 e. The summed E-state index contributed by atoms with van der Waals surface area (Å²) in [6.45, 7) is 3.49. The molecule has 1 aromatic heterocycles. The van der Waals surface area contributed by atoms with Gasteiger partial charge < -0.3 is 5.32 Å². The summed E-state index contributed by atoms with van der Waals surface area (Å²) in [4.78, 5) is 8.51. The summed E-state index contributed by atoms with van der Waals surface area (Å²) in [5.74, 6) is 0.338. The zero-order chi connectivity index (χ0) is 14.9. The highest BCUT2D eigenvalue weighted by Crippen LogP contribution is 2.38. The Bertz CT molecular complexity index is 636. The Labute approximate surface area is 114 Å². The van der Waals surface area contributed by atoms with Gasteiger partial charge in [0.15, 0.2) is 5.82 Å². The largest absolute Gasteiger partial charge is 0.417 e. The second-order valence-corrected chi connectivity index (χ2v) is 4.38. The van der Waals surface area contributed by atoms with Gasteiger partial charge in [-0.3, -0.25) is 0 Å². The van der Waals surface area contributed by atoms with Crippen LogP contribution in [0.5, 0.6) is 0 Å². The van der Waals surface area contributed by atoms with Crippen LogP contribution in [-0.2, 0) is 6.18 Å². The van der Waals surface area contributed by atoms with Gasteiger partial charge in [0.1, 0.15) is 5.69 Å². The number of halogens is 3. The van der Waals surface area contributed by atoms with Crippen molar-refractivity contribution in [3.8, 4) is 11.3 Å². The van der Waals surface area contributed by atoms with E-state index in [4.69, 9.17) is 0 Å². The minimum atomic E-state index is -4.43. The van der Waals surface area contributed by atoms with E-state index in [1.54, 1.807) is 27.0 Å². The van der Waals surface area contributed by atoms with Crippen LogP contribution < -0.4 is 5.32 Å². The maximum atomic E-state index is 13.1. The molecule has 2 rings (SSSR count). The van der Waals surface area contributed by atoms with Crippen molar-refractivity contribution in [1.29, 1.82) is 0 Å². The van der Waals surface area contributed by atoms with Crippen LogP contribution in [0.1, 0.15) is 17.0 Å². The Morgan fingerprint density at radius 2 is 1.60 bits per heavy atom. The number of rotatable bonds is 2. The fourth-order valence-corrected chi connectivity index (χ4v) is 1.90. The molecule has 1 N–H and O–H groups in total. The lowest BCUT2D eigenvalue weighted by molar-refractivity contribution is -0.137. The SMILES string of the molecule is CNc1nc(C)c(C)nc1-c1ccccc1C(F)(F)F. The van der Waals surface area contributed by atoms with Gasteiger partial charge >= 0.3 is 6.18 Å². The third-order valence-corrected chi connectivity index (χ3v) is 3.03. The third kappa shape index (κ3) is 2.59. The summed E-state index contributed by atoms with van der Waals surface area (Å²) in [6.07, 6.45) is -4.43. The monoisotopic (exact) mass is 281 g/mol. The zero-order valence-corrected chi connectivity index (χ0v) is 11.3. The van der Waals surface area contributed by atoms with E-state index < -0.39 is 11.7 Å². The molecule has 1 aromatic carbocycles. The normalized spacial score (nSPS) is 11.5. The van der Waals surface area contributed by atoms with Crippen molar-refractivity contribution in [3.05, 3.63) is 41.2 Å². The highest BCUT2D eigenvalue weighted by Gasteiger charge is 2.34. The molecule has 0 aliphatic rings. The minimum Gasteiger partial charge on any atom is -0.371 e. The molecule has 6 heteroatoms. The van der Waals surface area contributed by atoms with Gasteiger partial charge in [0.2, 0.25) is 0 Å². The summed E-state index contributed by atoms with van der Waals surface area (Å²) < 4.78 is 39.2. The van der Waals surface area contributed by atoms with Crippen LogP contribution in [0, 0.1) is 13.8 Å². The lowest BCUT2D eigenvalue weighted by Gasteiger charge is -2.15. The Morgan fingerprint density at radius 3 is 2.20 bits per heavy atom. The topological polar surface area (TPSA) is 37.8 Å². The molecule has 0 atom stereocenters. The van der Waals surface area contributed by atoms with E-state index in [1.165, 1.54) is 12.1 Å². The summed E-state index contributed by atoms with van der Waals surface area (Å²) in [7, 11) is 1.61. The predicted molar refractivity (Wildman–Crippen MR) is 71.5 cm³/mol. The molecule has 0 fully saturated rings. The molecule has 106 valence electrons. The number of alkyl halides is 3. The average molecular weight is 281 g/mol. The molecule has 0 spiro atoms. The lowest BCUT2D eigenvalue weighted by Crippen LogP contribution is -2.10. The molecule has 0 saturated carbocycles. The Morgan fingerprint density at radius 1 is 1.00 bits per heavy atom. The first-order valence-corrected chi connectivity index (χ1v) is 6.04. The minimum absolute atomic E-state index is 0.0277. The van der Waals surface area contributed by atoms with Gasteiger partial charge in [-0.25, -0.2) is 9.97 Å². The first-order chi connectivity index (χ1) is 9.34. The maximum absolute atomic E-state index is 13.1. The second-order valence-electron chi connectivity index (χ2n) is 4.38. The number of aryl methyl sites for hydroxylation is 2. The van der Waals surface area contributed by atoms with Crippen LogP contribution in [0.4, 0.5) is 19.0 Å². The van der Waals surface area contributed by atoms with E-state index in [2.05, 4.69) is 15.3 Å². The first-order valence-electron chi connectivity index (χ1n) is 6.04. The van der Waals surface area contributed by atoms with E-state index in [-0.39, 0.29) is 11.3 Å². The molecule has 1 heterocycles. The average Bonchev–Trinajstić information content (AvgIpc) is 2.40.